The summed E-state index contributed by atoms with van der Waals surface area (Å²) in [6, 6.07) is 6.51. The summed E-state index contributed by atoms with van der Waals surface area (Å²) < 4.78 is 2.26. The van der Waals surface area contributed by atoms with Gasteiger partial charge in [-0.15, -0.1) is 0 Å². The molecule has 0 radical (unpaired) electrons. The van der Waals surface area contributed by atoms with Gasteiger partial charge in [-0.1, -0.05) is 13.0 Å². The van der Waals surface area contributed by atoms with Gasteiger partial charge in [0.25, 0.3) is 0 Å². The average Bonchev–Trinajstić information content (AvgIpc) is 2.77. The number of hydrogen-bond acceptors (Lipinski definition) is 2. The van der Waals surface area contributed by atoms with Gasteiger partial charge in [0.15, 0.2) is 0 Å². The highest BCUT2D eigenvalue weighted by atomic mass is 15.1. The van der Waals surface area contributed by atoms with E-state index in [-0.39, 0.29) is 5.41 Å². The fourth-order valence-electron chi connectivity index (χ4n) is 3.62. The first-order valence-electron chi connectivity index (χ1n) is 7.69. The van der Waals surface area contributed by atoms with Gasteiger partial charge in [-0.25, -0.2) is 4.98 Å². The highest BCUT2D eigenvalue weighted by molar-refractivity contribution is 5.77. The van der Waals surface area contributed by atoms with Crippen molar-refractivity contribution in [2.24, 2.45) is 18.7 Å². The van der Waals surface area contributed by atoms with E-state index in [4.69, 9.17) is 10.7 Å². The third kappa shape index (κ3) is 2.05. The van der Waals surface area contributed by atoms with Crippen LogP contribution in [0, 0.1) is 12.8 Å². The van der Waals surface area contributed by atoms with Gasteiger partial charge in [0, 0.05) is 19.0 Å². The van der Waals surface area contributed by atoms with Gasteiger partial charge in [0.1, 0.15) is 5.82 Å². The van der Waals surface area contributed by atoms with Crippen LogP contribution in [-0.2, 0) is 12.5 Å². The molecule has 0 unspecified atom stereocenters. The zero-order valence-electron chi connectivity index (χ0n) is 12.8. The average molecular weight is 271 g/mol. The molecule has 0 aliphatic heterocycles. The second-order valence-corrected chi connectivity index (χ2v) is 6.65. The highest BCUT2D eigenvalue weighted by Crippen LogP contribution is 2.41. The summed E-state index contributed by atoms with van der Waals surface area (Å²) in [4.78, 5) is 4.95. The van der Waals surface area contributed by atoms with E-state index in [2.05, 4.69) is 43.7 Å². The molecule has 20 heavy (non-hydrogen) atoms. The summed E-state index contributed by atoms with van der Waals surface area (Å²) in [7, 11) is 2.13. The Balaban J connectivity index is 2.10. The lowest BCUT2D eigenvalue weighted by Gasteiger charge is -2.37. The van der Waals surface area contributed by atoms with Crippen molar-refractivity contribution in [3.05, 3.63) is 29.6 Å². The van der Waals surface area contributed by atoms with Crippen LogP contribution in [0.1, 0.15) is 44.0 Å². The molecule has 1 aliphatic carbocycles. The fourth-order valence-corrected chi connectivity index (χ4v) is 3.62. The Kier molecular flexibility index (Phi) is 3.33. The number of nitrogens with two attached hydrogens (primary N) is 1. The Morgan fingerprint density at radius 1 is 1.35 bits per heavy atom. The summed E-state index contributed by atoms with van der Waals surface area (Å²) in [6.45, 7) is 5.17. The summed E-state index contributed by atoms with van der Waals surface area (Å²) in [5.41, 5.74) is 9.85. The van der Waals surface area contributed by atoms with Crippen molar-refractivity contribution in [2.75, 3.05) is 6.54 Å². The van der Waals surface area contributed by atoms with Crippen molar-refractivity contribution < 1.29 is 0 Å². The lowest BCUT2D eigenvalue weighted by Crippen LogP contribution is -2.40. The van der Waals surface area contributed by atoms with Crippen molar-refractivity contribution in [1.29, 1.82) is 0 Å². The normalized spacial score (nSPS) is 27.1. The number of fused-ring (bicyclic) bond motifs is 1. The molecule has 0 spiro atoms. The molecule has 0 atom stereocenters. The SMILES string of the molecule is Cc1ccc2c(c1)nc(C1(CN)CCC(C)CC1)n2C. The monoisotopic (exact) mass is 271 g/mol. The quantitative estimate of drug-likeness (QED) is 0.911. The standard InChI is InChI=1S/C17H25N3/c1-12-6-8-17(11-18,9-7-12)16-19-14-10-13(2)4-5-15(14)20(16)3/h4-5,10,12H,6-9,11,18H2,1-3H3. The minimum Gasteiger partial charge on any atom is -0.331 e. The van der Waals surface area contributed by atoms with E-state index in [1.54, 1.807) is 0 Å². The number of rotatable bonds is 2. The fraction of sp³-hybridized carbons (Fsp3) is 0.588. The summed E-state index contributed by atoms with van der Waals surface area (Å²) in [6.07, 6.45) is 4.86. The second kappa shape index (κ2) is 4.88. The van der Waals surface area contributed by atoms with E-state index in [1.165, 1.54) is 42.6 Å². The smallest absolute Gasteiger partial charge is 0.117 e. The topological polar surface area (TPSA) is 43.8 Å². The van der Waals surface area contributed by atoms with Crippen molar-refractivity contribution in [3.8, 4) is 0 Å². The van der Waals surface area contributed by atoms with Crippen LogP contribution >= 0.6 is 0 Å². The maximum Gasteiger partial charge on any atom is 0.117 e. The molecular weight excluding hydrogens is 246 g/mol. The zero-order chi connectivity index (χ0) is 14.3. The van der Waals surface area contributed by atoms with Crippen molar-refractivity contribution >= 4 is 11.0 Å². The van der Waals surface area contributed by atoms with E-state index < -0.39 is 0 Å². The highest BCUT2D eigenvalue weighted by Gasteiger charge is 2.38. The van der Waals surface area contributed by atoms with Crippen molar-refractivity contribution in [1.82, 2.24) is 9.55 Å². The predicted molar refractivity (Wildman–Crippen MR) is 83.8 cm³/mol. The number of imidazole rings is 1. The Hall–Kier alpha value is -1.35. The molecule has 2 N–H and O–H groups in total. The van der Waals surface area contributed by atoms with Crippen LogP contribution in [0.25, 0.3) is 11.0 Å². The third-order valence-electron chi connectivity index (χ3n) is 5.13. The van der Waals surface area contributed by atoms with Gasteiger partial charge < -0.3 is 10.3 Å². The van der Waals surface area contributed by atoms with Gasteiger partial charge in [-0.2, -0.15) is 0 Å². The zero-order valence-corrected chi connectivity index (χ0v) is 12.8. The van der Waals surface area contributed by atoms with E-state index in [1.807, 2.05) is 0 Å². The van der Waals surface area contributed by atoms with E-state index in [9.17, 15) is 0 Å². The second-order valence-electron chi connectivity index (χ2n) is 6.65. The van der Waals surface area contributed by atoms with Gasteiger partial charge in [-0.05, 0) is 56.2 Å². The van der Waals surface area contributed by atoms with Crippen LogP contribution in [0.2, 0.25) is 0 Å². The third-order valence-corrected chi connectivity index (χ3v) is 5.13. The molecule has 0 amide bonds. The summed E-state index contributed by atoms with van der Waals surface area (Å²) in [5.74, 6) is 2.01. The molecule has 1 aromatic carbocycles. The molecule has 108 valence electrons. The van der Waals surface area contributed by atoms with E-state index >= 15 is 0 Å². The van der Waals surface area contributed by atoms with E-state index in [0.717, 1.165) is 11.4 Å². The van der Waals surface area contributed by atoms with Crippen LogP contribution in [0.3, 0.4) is 0 Å². The van der Waals surface area contributed by atoms with Gasteiger partial charge >= 0.3 is 0 Å². The first kappa shape index (κ1) is 13.6. The van der Waals surface area contributed by atoms with Crippen molar-refractivity contribution in [3.63, 3.8) is 0 Å². The number of hydrogen-bond donors (Lipinski definition) is 1. The molecule has 1 aliphatic rings. The molecular formula is C17H25N3. The van der Waals surface area contributed by atoms with Gasteiger partial charge in [-0.3, -0.25) is 0 Å². The molecule has 2 aromatic rings. The minimum atomic E-state index is 0.0776. The van der Waals surface area contributed by atoms with Crippen LogP contribution < -0.4 is 5.73 Å². The largest absolute Gasteiger partial charge is 0.331 e. The predicted octanol–water partition coefficient (Wildman–Crippen LogP) is 3.29. The molecule has 3 nitrogen and oxygen atoms in total. The maximum atomic E-state index is 6.18. The Labute approximate surface area is 121 Å². The maximum absolute atomic E-state index is 6.18. The van der Waals surface area contributed by atoms with E-state index in [0.29, 0.717) is 6.54 Å². The molecule has 1 saturated carbocycles. The Bertz CT molecular complexity index is 618. The molecule has 1 fully saturated rings. The molecule has 1 heterocycles. The number of aryl methyl sites for hydroxylation is 2. The number of benzene rings is 1. The van der Waals surface area contributed by atoms with Crippen LogP contribution in [0.5, 0.6) is 0 Å². The number of nitrogens with zero attached hydrogens (tertiary/aromatic N) is 2. The summed E-state index contributed by atoms with van der Waals surface area (Å²) in [5, 5.41) is 0. The Morgan fingerprint density at radius 2 is 2.05 bits per heavy atom. The van der Waals surface area contributed by atoms with Crippen LogP contribution in [0.4, 0.5) is 0 Å². The van der Waals surface area contributed by atoms with Crippen molar-refractivity contribution in [2.45, 2.75) is 44.9 Å². The molecule has 3 rings (SSSR count). The van der Waals surface area contributed by atoms with Gasteiger partial charge in [0.05, 0.1) is 11.0 Å². The van der Waals surface area contributed by atoms with Crippen LogP contribution in [0.15, 0.2) is 18.2 Å². The summed E-state index contributed by atoms with van der Waals surface area (Å²) >= 11 is 0. The Morgan fingerprint density at radius 3 is 2.70 bits per heavy atom. The molecule has 3 heteroatoms. The lowest BCUT2D eigenvalue weighted by atomic mass is 9.70. The number of aromatic nitrogens is 2. The molecule has 0 saturated heterocycles. The lowest BCUT2D eigenvalue weighted by molar-refractivity contribution is 0.233. The molecule has 1 aromatic heterocycles. The molecule has 0 bridgehead atoms. The van der Waals surface area contributed by atoms with Gasteiger partial charge in [0.2, 0.25) is 0 Å². The first-order chi connectivity index (χ1) is 9.55. The first-order valence-corrected chi connectivity index (χ1v) is 7.69. The van der Waals surface area contributed by atoms with Crippen LogP contribution in [-0.4, -0.2) is 16.1 Å². The minimum absolute atomic E-state index is 0.0776.